The van der Waals surface area contributed by atoms with Crippen LogP contribution in [0.4, 0.5) is 0 Å². The molecule has 1 saturated heterocycles. The zero-order valence-electron chi connectivity index (χ0n) is 10.2. The Labute approximate surface area is 102 Å². The lowest BCUT2D eigenvalue weighted by Gasteiger charge is -2.25. The van der Waals surface area contributed by atoms with Gasteiger partial charge in [0.25, 0.3) is 0 Å². The van der Waals surface area contributed by atoms with Crippen molar-refractivity contribution in [1.29, 1.82) is 0 Å². The molecule has 1 rings (SSSR count). The third-order valence-electron chi connectivity index (χ3n) is 3.41. The van der Waals surface area contributed by atoms with Crippen LogP contribution in [0.25, 0.3) is 0 Å². The van der Waals surface area contributed by atoms with E-state index in [9.17, 15) is 0 Å². The van der Waals surface area contributed by atoms with E-state index < -0.39 is 0 Å². The van der Waals surface area contributed by atoms with Crippen molar-refractivity contribution in [2.24, 2.45) is 17.8 Å². The Bertz CT molecular complexity index is 175. The second kappa shape index (κ2) is 6.87. The molecule has 1 fully saturated rings. The van der Waals surface area contributed by atoms with Crippen molar-refractivity contribution in [3.05, 3.63) is 0 Å². The maximum absolute atomic E-state index is 5.22. The summed E-state index contributed by atoms with van der Waals surface area (Å²) in [5.41, 5.74) is 0. The first-order valence-electron chi connectivity index (χ1n) is 5.94. The standard InChI is InChI=1S/C12H24BrNO/c1-10(2)12(6-13)8-14-5-4-11(7-14)9-15-3/h10-12H,4-9H2,1-3H3. The van der Waals surface area contributed by atoms with Crippen LogP contribution in [0.5, 0.6) is 0 Å². The molecule has 3 heteroatoms. The highest BCUT2D eigenvalue weighted by atomic mass is 79.9. The summed E-state index contributed by atoms with van der Waals surface area (Å²) in [4.78, 5) is 2.59. The largest absolute Gasteiger partial charge is 0.384 e. The van der Waals surface area contributed by atoms with Crippen LogP contribution in [0.2, 0.25) is 0 Å². The maximum atomic E-state index is 5.22. The van der Waals surface area contributed by atoms with Gasteiger partial charge >= 0.3 is 0 Å². The molecular weight excluding hydrogens is 254 g/mol. The summed E-state index contributed by atoms with van der Waals surface area (Å²) < 4.78 is 5.22. The minimum atomic E-state index is 0.762. The molecule has 1 aliphatic heterocycles. The zero-order chi connectivity index (χ0) is 11.3. The van der Waals surface area contributed by atoms with Crippen LogP contribution >= 0.6 is 15.9 Å². The van der Waals surface area contributed by atoms with Gasteiger partial charge in [0.15, 0.2) is 0 Å². The lowest BCUT2D eigenvalue weighted by molar-refractivity contribution is 0.150. The average Bonchev–Trinajstić information content (AvgIpc) is 2.62. The third kappa shape index (κ3) is 4.41. The molecule has 0 aliphatic carbocycles. The number of nitrogens with zero attached hydrogens (tertiary/aromatic N) is 1. The van der Waals surface area contributed by atoms with E-state index in [1.165, 1.54) is 26.1 Å². The van der Waals surface area contributed by atoms with Gasteiger partial charge in [-0.2, -0.15) is 0 Å². The number of alkyl halides is 1. The van der Waals surface area contributed by atoms with Crippen LogP contribution in [0, 0.1) is 17.8 Å². The van der Waals surface area contributed by atoms with Crippen LogP contribution in [-0.2, 0) is 4.74 Å². The smallest absolute Gasteiger partial charge is 0.0503 e. The molecule has 0 bridgehead atoms. The van der Waals surface area contributed by atoms with Crippen molar-refractivity contribution in [3.63, 3.8) is 0 Å². The Morgan fingerprint density at radius 3 is 2.73 bits per heavy atom. The number of ether oxygens (including phenoxy) is 1. The second-order valence-corrected chi connectivity index (χ2v) is 5.68. The molecule has 0 aromatic carbocycles. The highest BCUT2D eigenvalue weighted by Gasteiger charge is 2.25. The van der Waals surface area contributed by atoms with Gasteiger partial charge in [0.05, 0.1) is 6.61 Å². The van der Waals surface area contributed by atoms with Gasteiger partial charge in [-0.1, -0.05) is 29.8 Å². The highest BCUT2D eigenvalue weighted by molar-refractivity contribution is 9.09. The van der Waals surface area contributed by atoms with Crippen LogP contribution in [-0.4, -0.2) is 43.6 Å². The molecule has 1 aliphatic rings. The molecule has 0 aromatic rings. The summed E-state index contributed by atoms with van der Waals surface area (Å²) in [6, 6.07) is 0. The molecule has 0 N–H and O–H groups in total. The van der Waals surface area contributed by atoms with Gasteiger partial charge in [-0.05, 0) is 30.7 Å². The highest BCUT2D eigenvalue weighted by Crippen LogP contribution is 2.21. The molecule has 0 amide bonds. The molecule has 0 saturated carbocycles. The van der Waals surface area contributed by atoms with Crippen molar-refractivity contribution in [1.82, 2.24) is 4.90 Å². The van der Waals surface area contributed by atoms with E-state index in [0.717, 1.165) is 29.7 Å². The summed E-state index contributed by atoms with van der Waals surface area (Å²) in [6.45, 7) is 9.28. The number of hydrogen-bond donors (Lipinski definition) is 0. The fraction of sp³-hybridized carbons (Fsp3) is 1.00. The Balaban J connectivity index is 2.28. The molecule has 0 aromatic heterocycles. The molecule has 0 spiro atoms. The second-order valence-electron chi connectivity index (χ2n) is 5.03. The van der Waals surface area contributed by atoms with Crippen LogP contribution in [0.3, 0.4) is 0 Å². The van der Waals surface area contributed by atoms with Gasteiger partial charge in [0, 0.05) is 25.5 Å². The first kappa shape index (κ1) is 13.5. The predicted molar refractivity (Wildman–Crippen MR) is 68.5 cm³/mol. The molecule has 0 radical (unpaired) electrons. The fourth-order valence-corrected chi connectivity index (χ4v) is 3.17. The predicted octanol–water partition coefficient (Wildman–Crippen LogP) is 2.62. The van der Waals surface area contributed by atoms with Crippen molar-refractivity contribution >= 4 is 15.9 Å². The Kier molecular flexibility index (Phi) is 6.17. The molecule has 2 atom stereocenters. The SMILES string of the molecule is COCC1CCN(CC(CBr)C(C)C)C1. The first-order chi connectivity index (χ1) is 7.17. The van der Waals surface area contributed by atoms with E-state index in [1.807, 2.05) is 0 Å². The number of likely N-dealkylation sites (tertiary alicyclic amines) is 1. The van der Waals surface area contributed by atoms with Crippen molar-refractivity contribution in [2.45, 2.75) is 20.3 Å². The number of halogens is 1. The molecule has 90 valence electrons. The third-order valence-corrected chi connectivity index (χ3v) is 4.24. The molecule has 2 nitrogen and oxygen atoms in total. The Morgan fingerprint density at radius 1 is 1.47 bits per heavy atom. The Hall–Kier alpha value is 0.400. The average molecular weight is 278 g/mol. The summed E-state index contributed by atoms with van der Waals surface area (Å²) in [6.07, 6.45) is 1.31. The normalized spacial score (nSPS) is 25.0. The summed E-state index contributed by atoms with van der Waals surface area (Å²) in [5, 5.41) is 1.12. The quantitative estimate of drug-likeness (QED) is 0.692. The van der Waals surface area contributed by atoms with Crippen LogP contribution in [0.1, 0.15) is 20.3 Å². The van der Waals surface area contributed by atoms with Crippen LogP contribution < -0.4 is 0 Å². The van der Waals surface area contributed by atoms with E-state index in [4.69, 9.17) is 4.74 Å². The van der Waals surface area contributed by atoms with Crippen LogP contribution in [0.15, 0.2) is 0 Å². The number of hydrogen-bond acceptors (Lipinski definition) is 2. The minimum absolute atomic E-state index is 0.762. The van der Waals surface area contributed by atoms with E-state index in [0.29, 0.717) is 0 Å². The number of methoxy groups -OCH3 is 1. The van der Waals surface area contributed by atoms with Gasteiger partial charge in [-0.15, -0.1) is 0 Å². The summed E-state index contributed by atoms with van der Waals surface area (Å²) in [7, 11) is 1.80. The fourth-order valence-electron chi connectivity index (χ4n) is 2.22. The first-order valence-corrected chi connectivity index (χ1v) is 7.06. The minimum Gasteiger partial charge on any atom is -0.384 e. The van der Waals surface area contributed by atoms with Crippen molar-refractivity contribution in [3.8, 4) is 0 Å². The van der Waals surface area contributed by atoms with Gasteiger partial charge in [0.2, 0.25) is 0 Å². The van der Waals surface area contributed by atoms with Gasteiger partial charge in [-0.25, -0.2) is 0 Å². The monoisotopic (exact) mass is 277 g/mol. The van der Waals surface area contributed by atoms with Gasteiger partial charge < -0.3 is 9.64 Å². The van der Waals surface area contributed by atoms with E-state index >= 15 is 0 Å². The summed E-state index contributed by atoms with van der Waals surface area (Å²) in [5.74, 6) is 2.32. The van der Waals surface area contributed by atoms with Crippen molar-refractivity contribution < 1.29 is 4.74 Å². The van der Waals surface area contributed by atoms with Crippen molar-refractivity contribution in [2.75, 3.05) is 38.7 Å². The van der Waals surface area contributed by atoms with Gasteiger partial charge in [0.1, 0.15) is 0 Å². The maximum Gasteiger partial charge on any atom is 0.0503 e. The summed E-state index contributed by atoms with van der Waals surface area (Å²) >= 11 is 3.62. The topological polar surface area (TPSA) is 12.5 Å². The zero-order valence-corrected chi connectivity index (χ0v) is 11.8. The number of rotatable bonds is 6. The molecule has 2 unspecified atom stereocenters. The molecule has 1 heterocycles. The van der Waals surface area contributed by atoms with E-state index in [2.05, 4.69) is 34.7 Å². The molecular formula is C12H24BrNO. The lowest BCUT2D eigenvalue weighted by Crippen LogP contribution is -2.31. The van der Waals surface area contributed by atoms with E-state index in [1.54, 1.807) is 7.11 Å². The Morgan fingerprint density at radius 2 is 2.20 bits per heavy atom. The molecule has 15 heavy (non-hydrogen) atoms. The van der Waals surface area contributed by atoms with Gasteiger partial charge in [-0.3, -0.25) is 0 Å². The lowest BCUT2D eigenvalue weighted by atomic mass is 9.98. The van der Waals surface area contributed by atoms with E-state index in [-0.39, 0.29) is 0 Å².